The van der Waals surface area contributed by atoms with Gasteiger partial charge in [-0.3, -0.25) is 0 Å². The molecule has 0 atom stereocenters. The summed E-state index contributed by atoms with van der Waals surface area (Å²) in [5.74, 6) is 1.37. The highest BCUT2D eigenvalue weighted by atomic mass is 35.5. The molecule has 1 aromatic rings. The number of methoxy groups -OCH3 is 1. The van der Waals surface area contributed by atoms with Gasteiger partial charge in [0.1, 0.15) is 6.61 Å². The SMILES string of the molecule is COc1cccc(CN)c1OC/C(C)=C/Cl. The van der Waals surface area contributed by atoms with Crippen molar-refractivity contribution < 1.29 is 9.47 Å². The van der Waals surface area contributed by atoms with Gasteiger partial charge in [0.05, 0.1) is 7.11 Å². The molecule has 2 N–H and O–H groups in total. The van der Waals surface area contributed by atoms with Crippen LogP contribution in [0.3, 0.4) is 0 Å². The Morgan fingerprint density at radius 3 is 2.81 bits per heavy atom. The molecular weight excluding hydrogens is 226 g/mol. The third-order valence-electron chi connectivity index (χ3n) is 2.13. The fourth-order valence-electron chi connectivity index (χ4n) is 1.26. The molecule has 16 heavy (non-hydrogen) atoms. The Morgan fingerprint density at radius 2 is 2.25 bits per heavy atom. The molecule has 0 heterocycles. The van der Waals surface area contributed by atoms with E-state index in [-0.39, 0.29) is 0 Å². The minimum atomic E-state index is 0.413. The van der Waals surface area contributed by atoms with E-state index < -0.39 is 0 Å². The van der Waals surface area contributed by atoms with Crippen molar-refractivity contribution in [3.05, 3.63) is 34.9 Å². The van der Waals surface area contributed by atoms with Crippen LogP contribution in [0, 0.1) is 0 Å². The molecule has 3 nitrogen and oxygen atoms in total. The van der Waals surface area contributed by atoms with E-state index in [4.69, 9.17) is 26.8 Å². The van der Waals surface area contributed by atoms with E-state index in [0.717, 1.165) is 11.1 Å². The van der Waals surface area contributed by atoms with Gasteiger partial charge in [0, 0.05) is 17.6 Å². The van der Waals surface area contributed by atoms with Gasteiger partial charge in [0.2, 0.25) is 0 Å². The van der Waals surface area contributed by atoms with Crippen molar-refractivity contribution in [2.75, 3.05) is 13.7 Å². The van der Waals surface area contributed by atoms with Crippen LogP contribution in [0.15, 0.2) is 29.3 Å². The predicted octanol–water partition coefficient (Wildman–Crippen LogP) is 2.68. The van der Waals surface area contributed by atoms with Crippen molar-refractivity contribution in [2.24, 2.45) is 5.73 Å². The van der Waals surface area contributed by atoms with Crippen molar-refractivity contribution in [1.82, 2.24) is 0 Å². The van der Waals surface area contributed by atoms with Crippen molar-refractivity contribution in [3.63, 3.8) is 0 Å². The van der Waals surface area contributed by atoms with Crippen molar-refractivity contribution >= 4 is 11.6 Å². The molecule has 0 aromatic heterocycles. The number of hydrogen-bond acceptors (Lipinski definition) is 3. The number of halogens is 1. The molecule has 0 saturated carbocycles. The molecule has 0 aliphatic rings. The van der Waals surface area contributed by atoms with Crippen LogP contribution in [0.1, 0.15) is 12.5 Å². The van der Waals surface area contributed by atoms with E-state index in [1.165, 1.54) is 5.54 Å². The Balaban J connectivity index is 2.91. The average molecular weight is 242 g/mol. The lowest BCUT2D eigenvalue weighted by atomic mass is 10.2. The molecule has 88 valence electrons. The lowest BCUT2D eigenvalue weighted by Crippen LogP contribution is -2.06. The zero-order valence-electron chi connectivity index (χ0n) is 9.50. The summed E-state index contributed by atoms with van der Waals surface area (Å²) in [6.07, 6.45) is 0. The predicted molar refractivity (Wildman–Crippen MR) is 66.0 cm³/mol. The van der Waals surface area contributed by atoms with E-state index in [0.29, 0.717) is 24.7 Å². The van der Waals surface area contributed by atoms with Crippen molar-refractivity contribution in [3.8, 4) is 11.5 Å². The molecule has 4 heteroatoms. The zero-order valence-corrected chi connectivity index (χ0v) is 10.3. The van der Waals surface area contributed by atoms with E-state index >= 15 is 0 Å². The Hall–Kier alpha value is -1.19. The van der Waals surface area contributed by atoms with Crippen LogP contribution >= 0.6 is 11.6 Å². The summed E-state index contributed by atoms with van der Waals surface area (Å²) in [6.45, 7) is 2.73. The fourth-order valence-corrected chi connectivity index (χ4v) is 1.33. The van der Waals surface area contributed by atoms with Gasteiger partial charge in [-0.2, -0.15) is 0 Å². The molecule has 0 aliphatic heterocycles. The van der Waals surface area contributed by atoms with Crippen LogP contribution in [0.2, 0.25) is 0 Å². The summed E-state index contributed by atoms with van der Waals surface area (Å²) >= 11 is 5.57. The van der Waals surface area contributed by atoms with Gasteiger partial charge in [0.15, 0.2) is 11.5 Å². The highest BCUT2D eigenvalue weighted by molar-refractivity contribution is 6.25. The first-order chi connectivity index (χ1) is 7.72. The lowest BCUT2D eigenvalue weighted by Gasteiger charge is -2.14. The molecule has 0 bridgehead atoms. The fraction of sp³-hybridized carbons (Fsp3) is 0.333. The van der Waals surface area contributed by atoms with E-state index in [1.54, 1.807) is 7.11 Å². The first-order valence-corrected chi connectivity index (χ1v) is 5.41. The Kier molecular flexibility index (Phi) is 5.15. The summed E-state index contributed by atoms with van der Waals surface area (Å²) in [7, 11) is 1.60. The van der Waals surface area contributed by atoms with Gasteiger partial charge in [-0.15, -0.1) is 0 Å². The van der Waals surface area contributed by atoms with Crippen LogP contribution in [-0.4, -0.2) is 13.7 Å². The van der Waals surface area contributed by atoms with Gasteiger partial charge in [-0.05, 0) is 18.6 Å². The summed E-state index contributed by atoms with van der Waals surface area (Å²) in [6, 6.07) is 5.64. The minimum absolute atomic E-state index is 0.413. The minimum Gasteiger partial charge on any atom is -0.493 e. The first kappa shape index (κ1) is 12.9. The van der Waals surface area contributed by atoms with Gasteiger partial charge >= 0.3 is 0 Å². The molecule has 0 fully saturated rings. The van der Waals surface area contributed by atoms with Gasteiger partial charge in [0.25, 0.3) is 0 Å². The summed E-state index contributed by atoms with van der Waals surface area (Å²) in [4.78, 5) is 0. The average Bonchev–Trinajstić information content (AvgIpc) is 2.35. The highest BCUT2D eigenvalue weighted by Crippen LogP contribution is 2.31. The molecule has 0 unspecified atom stereocenters. The van der Waals surface area contributed by atoms with Crippen LogP contribution in [0.5, 0.6) is 11.5 Å². The number of ether oxygens (including phenoxy) is 2. The van der Waals surface area contributed by atoms with E-state index in [9.17, 15) is 0 Å². The Bertz CT molecular complexity index is 355. The standard InChI is InChI=1S/C12H16ClNO2/c1-9(6-13)8-16-12-10(7-14)4-3-5-11(12)15-2/h3-6H,7-8,14H2,1-2H3/b9-6+. The second kappa shape index (κ2) is 6.40. The summed E-state index contributed by atoms with van der Waals surface area (Å²) in [5.41, 5.74) is 8.99. The maximum atomic E-state index is 5.64. The number of nitrogens with two attached hydrogens (primary N) is 1. The third kappa shape index (κ3) is 3.15. The normalized spacial score (nSPS) is 11.4. The topological polar surface area (TPSA) is 44.5 Å². The van der Waals surface area contributed by atoms with E-state index in [1.807, 2.05) is 25.1 Å². The van der Waals surface area contributed by atoms with E-state index in [2.05, 4.69) is 0 Å². The van der Waals surface area contributed by atoms with Gasteiger partial charge < -0.3 is 15.2 Å². The van der Waals surface area contributed by atoms with Crippen molar-refractivity contribution in [1.29, 1.82) is 0 Å². The molecular formula is C12H16ClNO2. The lowest BCUT2D eigenvalue weighted by molar-refractivity contribution is 0.316. The van der Waals surface area contributed by atoms with Crippen LogP contribution < -0.4 is 15.2 Å². The maximum absolute atomic E-state index is 5.64. The Morgan fingerprint density at radius 1 is 1.50 bits per heavy atom. The van der Waals surface area contributed by atoms with Crippen molar-refractivity contribution in [2.45, 2.75) is 13.5 Å². The summed E-state index contributed by atoms with van der Waals surface area (Å²) in [5, 5.41) is 0. The number of benzene rings is 1. The Labute approximate surface area is 101 Å². The van der Waals surface area contributed by atoms with Crippen LogP contribution in [0.4, 0.5) is 0 Å². The molecule has 0 amide bonds. The first-order valence-electron chi connectivity index (χ1n) is 4.97. The second-order valence-corrected chi connectivity index (χ2v) is 3.61. The number of para-hydroxylation sites is 1. The number of rotatable bonds is 5. The van der Waals surface area contributed by atoms with Crippen LogP contribution in [0.25, 0.3) is 0 Å². The molecule has 0 aliphatic carbocycles. The zero-order chi connectivity index (χ0) is 12.0. The molecule has 1 aromatic carbocycles. The smallest absolute Gasteiger partial charge is 0.166 e. The molecule has 0 saturated heterocycles. The van der Waals surface area contributed by atoms with Gasteiger partial charge in [-0.1, -0.05) is 23.7 Å². The quantitative estimate of drug-likeness (QED) is 0.862. The maximum Gasteiger partial charge on any atom is 0.166 e. The summed E-state index contributed by atoms with van der Waals surface area (Å²) < 4.78 is 10.9. The molecule has 1 rings (SSSR count). The number of hydrogen-bond donors (Lipinski definition) is 1. The second-order valence-electron chi connectivity index (χ2n) is 3.40. The monoisotopic (exact) mass is 241 g/mol. The van der Waals surface area contributed by atoms with Crippen LogP contribution in [-0.2, 0) is 6.54 Å². The molecule has 0 radical (unpaired) electrons. The highest BCUT2D eigenvalue weighted by Gasteiger charge is 2.09. The molecule has 0 spiro atoms. The largest absolute Gasteiger partial charge is 0.493 e. The third-order valence-corrected chi connectivity index (χ3v) is 2.50. The van der Waals surface area contributed by atoms with Gasteiger partial charge in [-0.25, -0.2) is 0 Å².